The molecule has 80 valence electrons. The van der Waals surface area contributed by atoms with Crippen molar-refractivity contribution < 1.29 is 4.74 Å². The molecule has 0 aromatic carbocycles. The van der Waals surface area contributed by atoms with E-state index in [0.717, 1.165) is 30.4 Å². The van der Waals surface area contributed by atoms with Gasteiger partial charge in [-0.25, -0.2) is 4.98 Å². The third-order valence-corrected chi connectivity index (χ3v) is 2.31. The van der Waals surface area contributed by atoms with Gasteiger partial charge in [-0.2, -0.15) is 4.37 Å². The molecule has 0 fully saturated rings. The van der Waals surface area contributed by atoms with Crippen molar-refractivity contribution in [3.05, 3.63) is 5.82 Å². The molecule has 14 heavy (non-hydrogen) atoms. The number of nitrogens with zero attached hydrogens (tertiary/aromatic N) is 2. The molecule has 0 unspecified atom stereocenters. The lowest BCUT2D eigenvalue weighted by Crippen LogP contribution is -2.09. The van der Waals surface area contributed by atoms with Crippen LogP contribution < -0.4 is 5.32 Å². The number of anilines is 1. The number of methoxy groups -OCH3 is 1. The number of aryl methyl sites for hydroxylation is 1. The van der Waals surface area contributed by atoms with E-state index in [4.69, 9.17) is 4.74 Å². The molecule has 1 aromatic rings. The van der Waals surface area contributed by atoms with Crippen molar-refractivity contribution in [2.24, 2.45) is 0 Å². The molecule has 0 aliphatic heterocycles. The van der Waals surface area contributed by atoms with E-state index in [9.17, 15) is 0 Å². The molecule has 0 bridgehead atoms. The fraction of sp³-hybridized carbons (Fsp3) is 0.778. The van der Waals surface area contributed by atoms with Gasteiger partial charge in [0.25, 0.3) is 0 Å². The minimum absolute atomic E-state index is 0.412. The average molecular weight is 215 g/mol. The topological polar surface area (TPSA) is 47.0 Å². The lowest BCUT2D eigenvalue weighted by atomic mass is 10.3. The Morgan fingerprint density at radius 3 is 2.93 bits per heavy atom. The van der Waals surface area contributed by atoms with Crippen LogP contribution in [0, 0.1) is 0 Å². The summed E-state index contributed by atoms with van der Waals surface area (Å²) in [7, 11) is 1.71. The molecular formula is C9H17N3OS. The zero-order valence-corrected chi connectivity index (χ0v) is 9.73. The van der Waals surface area contributed by atoms with Crippen molar-refractivity contribution in [1.29, 1.82) is 0 Å². The minimum Gasteiger partial charge on any atom is -0.385 e. The Morgan fingerprint density at radius 2 is 2.29 bits per heavy atom. The van der Waals surface area contributed by atoms with Crippen molar-refractivity contribution >= 4 is 16.7 Å². The van der Waals surface area contributed by atoms with Crippen molar-refractivity contribution in [1.82, 2.24) is 9.36 Å². The summed E-state index contributed by atoms with van der Waals surface area (Å²) in [5.41, 5.74) is 0. The molecule has 5 heteroatoms. The first-order valence-electron chi connectivity index (χ1n) is 4.80. The SMILES string of the molecule is COCCCc1nsc(NC(C)C)n1. The first-order valence-corrected chi connectivity index (χ1v) is 5.57. The second-order valence-corrected chi connectivity index (χ2v) is 4.16. The molecule has 0 saturated carbocycles. The van der Waals surface area contributed by atoms with Gasteiger partial charge in [0.05, 0.1) is 0 Å². The first kappa shape index (κ1) is 11.4. The number of aromatic nitrogens is 2. The largest absolute Gasteiger partial charge is 0.385 e. The monoisotopic (exact) mass is 215 g/mol. The van der Waals surface area contributed by atoms with Gasteiger partial charge in [-0.05, 0) is 20.3 Å². The van der Waals surface area contributed by atoms with E-state index in [1.807, 2.05) is 0 Å². The Kier molecular flexibility index (Phi) is 4.82. The summed E-state index contributed by atoms with van der Waals surface area (Å²) in [4.78, 5) is 4.36. The predicted octanol–water partition coefficient (Wildman–Crippen LogP) is 1.94. The van der Waals surface area contributed by atoms with E-state index in [0.29, 0.717) is 6.04 Å². The minimum atomic E-state index is 0.412. The molecule has 0 spiro atoms. The van der Waals surface area contributed by atoms with Crippen LogP contribution >= 0.6 is 11.5 Å². The Bertz CT molecular complexity index is 262. The molecule has 0 radical (unpaired) electrons. The quantitative estimate of drug-likeness (QED) is 0.737. The number of nitrogens with one attached hydrogen (secondary N) is 1. The highest BCUT2D eigenvalue weighted by Gasteiger charge is 2.04. The summed E-state index contributed by atoms with van der Waals surface area (Å²) >= 11 is 1.42. The number of rotatable bonds is 6. The summed E-state index contributed by atoms with van der Waals surface area (Å²) < 4.78 is 9.22. The Balaban J connectivity index is 2.35. The smallest absolute Gasteiger partial charge is 0.202 e. The van der Waals surface area contributed by atoms with Gasteiger partial charge in [-0.1, -0.05) is 0 Å². The third kappa shape index (κ3) is 4.02. The van der Waals surface area contributed by atoms with Gasteiger partial charge in [0.15, 0.2) is 0 Å². The van der Waals surface area contributed by atoms with Crippen LogP contribution in [0.4, 0.5) is 5.13 Å². The highest BCUT2D eigenvalue weighted by Crippen LogP contribution is 2.12. The summed E-state index contributed by atoms with van der Waals surface area (Å²) in [6.45, 7) is 4.95. The molecule has 1 aromatic heterocycles. The summed E-state index contributed by atoms with van der Waals surface area (Å²) in [5.74, 6) is 0.912. The van der Waals surface area contributed by atoms with Gasteiger partial charge in [0, 0.05) is 37.7 Å². The van der Waals surface area contributed by atoms with Crippen molar-refractivity contribution in [3.8, 4) is 0 Å². The summed E-state index contributed by atoms with van der Waals surface area (Å²) in [5, 5.41) is 4.14. The van der Waals surface area contributed by atoms with E-state index in [1.54, 1.807) is 7.11 Å². The van der Waals surface area contributed by atoms with E-state index < -0.39 is 0 Å². The van der Waals surface area contributed by atoms with Crippen LogP contribution in [0.2, 0.25) is 0 Å². The highest BCUT2D eigenvalue weighted by atomic mass is 32.1. The first-order chi connectivity index (χ1) is 6.72. The van der Waals surface area contributed by atoms with E-state index >= 15 is 0 Å². The van der Waals surface area contributed by atoms with Gasteiger partial charge >= 0.3 is 0 Å². The molecule has 1 rings (SSSR count). The normalized spacial score (nSPS) is 10.9. The number of hydrogen-bond donors (Lipinski definition) is 1. The predicted molar refractivity (Wildman–Crippen MR) is 58.9 cm³/mol. The second-order valence-electron chi connectivity index (χ2n) is 3.41. The Morgan fingerprint density at radius 1 is 1.50 bits per heavy atom. The Labute approximate surface area is 88.9 Å². The van der Waals surface area contributed by atoms with Crippen LogP contribution in [0.15, 0.2) is 0 Å². The number of ether oxygens (including phenoxy) is 1. The average Bonchev–Trinajstić information content (AvgIpc) is 2.52. The molecule has 1 heterocycles. The highest BCUT2D eigenvalue weighted by molar-refractivity contribution is 7.09. The molecule has 0 saturated heterocycles. The maximum atomic E-state index is 4.97. The zero-order chi connectivity index (χ0) is 10.4. The fourth-order valence-electron chi connectivity index (χ4n) is 1.04. The van der Waals surface area contributed by atoms with Gasteiger partial charge in [0.1, 0.15) is 5.82 Å². The van der Waals surface area contributed by atoms with Crippen molar-refractivity contribution in [2.45, 2.75) is 32.7 Å². The van der Waals surface area contributed by atoms with Crippen molar-refractivity contribution in [3.63, 3.8) is 0 Å². The van der Waals surface area contributed by atoms with Crippen LogP contribution in [0.3, 0.4) is 0 Å². The van der Waals surface area contributed by atoms with Crippen LogP contribution in [0.25, 0.3) is 0 Å². The van der Waals surface area contributed by atoms with Gasteiger partial charge in [-0.3, -0.25) is 0 Å². The van der Waals surface area contributed by atoms with E-state index in [-0.39, 0.29) is 0 Å². The maximum Gasteiger partial charge on any atom is 0.202 e. The summed E-state index contributed by atoms with van der Waals surface area (Å²) in [6, 6.07) is 0.412. The lowest BCUT2D eigenvalue weighted by molar-refractivity contribution is 0.194. The maximum absolute atomic E-state index is 4.97. The van der Waals surface area contributed by atoms with Crippen LogP contribution in [-0.2, 0) is 11.2 Å². The molecule has 0 amide bonds. The molecule has 0 aliphatic carbocycles. The van der Waals surface area contributed by atoms with Gasteiger partial charge in [-0.15, -0.1) is 0 Å². The molecule has 0 atom stereocenters. The molecule has 0 aliphatic rings. The molecular weight excluding hydrogens is 198 g/mol. The molecule has 4 nitrogen and oxygen atoms in total. The van der Waals surface area contributed by atoms with Crippen LogP contribution in [-0.4, -0.2) is 29.1 Å². The second kappa shape index (κ2) is 5.93. The third-order valence-electron chi connectivity index (χ3n) is 1.63. The van der Waals surface area contributed by atoms with Gasteiger partial charge < -0.3 is 10.1 Å². The van der Waals surface area contributed by atoms with E-state index in [1.165, 1.54) is 11.5 Å². The number of hydrogen-bond acceptors (Lipinski definition) is 5. The van der Waals surface area contributed by atoms with Crippen molar-refractivity contribution in [2.75, 3.05) is 19.0 Å². The van der Waals surface area contributed by atoms with Crippen LogP contribution in [0.5, 0.6) is 0 Å². The van der Waals surface area contributed by atoms with E-state index in [2.05, 4.69) is 28.5 Å². The molecule has 1 N–H and O–H groups in total. The standard InChI is InChI=1S/C9H17N3OS/c1-7(2)10-9-11-8(12-14-9)5-4-6-13-3/h7H,4-6H2,1-3H3,(H,10,11,12). The Hall–Kier alpha value is -0.680. The fourth-order valence-corrected chi connectivity index (χ4v) is 1.79. The van der Waals surface area contributed by atoms with Crippen LogP contribution in [0.1, 0.15) is 26.1 Å². The van der Waals surface area contributed by atoms with Gasteiger partial charge in [0.2, 0.25) is 5.13 Å². The zero-order valence-electron chi connectivity index (χ0n) is 8.91. The lowest BCUT2D eigenvalue weighted by Gasteiger charge is -2.03. The summed E-state index contributed by atoms with van der Waals surface area (Å²) in [6.07, 6.45) is 1.87.